The van der Waals surface area contributed by atoms with Gasteiger partial charge >= 0.3 is 0 Å². The standard InChI is InChI=1S/C9H11N2/c1-2-4-8(5-3-1)9-6-10-7-11-9/h6-7H,1-4H2,(H,10,11). The Morgan fingerprint density at radius 2 is 2.45 bits per heavy atom. The lowest BCUT2D eigenvalue weighted by molar-refractivity contribution is 0.728. The van der Waals surface area contributed by atoms with Crippen LogP contribution < -0.4 is 0 Å². The SMILES string of the molecule is [C]1=C(c2c[nH]cn2)CCCC1. The van der Waals surface area contributed by atoms with E-state index in [9.17, 15) is 0 Å². The van der Waals surface area contributed by atoms with Gasteiger partial charge in [-0.1, -0.05) is 0 Å². The molecule has 1 radical (unpaired) electrons. The van der Waals surface area contributed by atoms with Crippen LogP contribution in [-0.4, -0.2) is 9.97 Å². The van der Waals surface area contributed by atoms with E-state index in [0.29, 0.717) is 0 Å². The summed E-state index contributed by atoms with van der Waals surface area (Å²) in [4.78, 5) is 7.14. The highest BCUT2D eigenvalue weighted by molar-refractivity contribution is 5.60. The summed E-state index contributed by atoms with van der Waals surface area (Å²) < 4.78 is 0. The minimum Gasteiger partial charge on any atom is -0.351 e. The van der Waals surface area contributed by atoms with Crippen molar-refractivity contribution >= 4 is 5.57 Å². The Morgan fingerprint density at radius 1 is 1.45 bits per heavy atom. The number of nitrogens with zero attached hydrogens (tertiary/aromatic N) is 1. The predicted molar refractivity (Wildman–Crippen MR) is 43.7 cm³/mol. The van der Waals surface area contributed by atoms with Gasteiger partial charge in [-0.05, 0) is 37.3 Å². The zero-order chi connectivity index (χ0) is 7.52. The van der Waals surface area contributed by atoms with Crippen molar-refractivity contribution in [2.75, 3.05) is 0 Å². The van der Waals surface area contributed by atoms with Gasteiger partial charge in [0.1, 0.15) is 0 Å². The highest BCUT2D eigenvalue weighted by atomic mass is 14.9. The smallest absolute Gasteiger partial charge is 0.0927 e. The topological polar surface area (TPSA) is 28.7 Å². The second kappa shape index (κ2) is 2.91. The molecule has 0 fully saturated rings. The van der Waals surface area contributed by atoms with Crippen LogP contribution in [0, 0.1) is 6.08 Å². The van der Waals surface area contributed by atoms with Gasteiger partial charge in [-0.25, -0.2) is 4.98 Å². The van der Waals surface area contributed by atoms with Crippen LogP contribution in [0.3, 0.4) is 0 Å². The third-order valence-electron chi connectivity index (χ3n) is 2.00. The molecule has 1 aliphatic carbocycles. The third-order valence-corrected chi connectivity index (χ3v) is 2.00. The van der Waals surface area contributed by atoms with Crippen molar-refractivity contribution in [1.82, 2.24) is 9.97 Å². The number of hydrogen-bond acceptors (Lipinski definition) is 1. The molecule has 0 saturated carbocycles. The molecule has 0 aromatic carbocycles. The molecule has 0 unspecified atom stereocenters. The molecule has 2 heteroatoms. The summed E-state index contributed by atoms with van der Waals surface area (Å²) in [5.74, 6) is 0. The van der Waals surface area contributed by atoms with Crippen molar-refractivity contribution in [3.63, 3.8) is 0 Å². The molecule has 1 aliphatic rings. The zero-order valence-corrected chi connectivity index (χ0v) is 6.43. The van der Waals surface area contributed by atoms with Crippen LogP contribution >= 0.6 is 0 Å². The van der Waals surface area contributed by atoms with Gasteiger partial charge in [0.2, 0.25) is 0 Å². The minimum absolute atomic E-state index is 1.07. The minimum atomic E-state index is 1.07. The van der Waals surface area contributed by atoms with Gasteiger partial charge in [-0.15, -0.1) is 0 Å². The van der Waals surface area contributed by atoms with E-state index in [4.69, 9.17) is 0 Å². The molecule has 0 amide bonds. The highest BCUT2D eigenvalue weighted by Gasteiger charge is 2.06. The first kappa shape index (κ1) is 6.65. The monoisotopic (exact) mass is 147 g/mol. The maximum atomic E-state index is 4.18. The van der Waals surface area contributed by atoms with E-state index in [1.807, 2.05) is 6.20 Å². The summed E-state index contributed by atoms with van der Waals surface area (Å²) in [6, 6.07) is 0. The summed E-state index contributed by atoms with van der Waals surface area (Å²) in [6.07, 6.45) is 11.8. The molecule has 0 bridgehead atoms. The van der Waals surface area contributed by atoms with Crippen LogP contribution in [0.1, 0.15) is 31.4 Å². The van der Waals surface area contributed by atoms with E-state index in [1.165, 1.54) is 18.4 Å². The Bertz CT molecular complexity index is 247. The molecule has 0 atom stereocenters. The number of allylic oxidation sites excluding steroid dienone is 2. The molecule has 2 rings (SSSR count). The first-order valence-corrected chi connectivity index (χ1v) is 4.05. The average Bonchev–Trinajstić information content (AvgIpc) is 2.58. The lowest BCUT2D eigenvalue weighted by atomic mass is 9.98. The Hall–Kier alpha value is -1.05. The summed E-state index contributed by atoms with van der Waals surface area (Å²) in [5.41, 5.74) is 2.36. The normalized spacial score (nSPS) is 18.0. The fourth-order valence-corrected chi connectivity index (χ4v) is 1.40. The summed E-state index contributed by atoms with van der Waals surface area (Å²) >= 11 is 0. The van der Waals surface area contributed by atoms with E-state index in [1.54, 1.807) is 6.33 Å². The Balaban J connectivity index is 2.22. The Kier molecular flexibility index (Phi) is 1.76. The van der Waals surface area contributed by atoms with Crippen LogP contribution in [0.15, 0.2) is 12.5 Å². The molecule has 1 aromatic rings. The van der Waals surface area contributed by atoms with Crippen molar-refractivity contribution in [2.24, 2.45) is 0 Å². The van der Waals surface area contributed by atoms with Crippen LogP contribution in [0.4, 0.5) is 0 Å². The molecule has 11 heavy (non-hydrogen) atoms. The largest absolute Gasteiger partial charge is 0.351 e. The van der Waals surface area contributed by atoms with E-state index in [-0.39, 0.29) is 0 Å². The highest BCUT2D eigenvalue weighted by Crippen LogP contribution is 2.23. The number of nitrogens with one attached hydrogen (secondary N) is 1. The molecular formula is C9H11N2. The van der Waals surface area contributed by atoms with Gasteiger partial charge < -0.3 is 4.98 Å². The third kappa shape index (κ3) is 1.34. The summed E-state index contributed by atoms with van der Waals surface area (Å²) in [5, 5.41) is 0. The summed E-state index contributed by atoms with van der Waals surface area (Å²) in [6.45, 7) is 0. The number of hydrogen-bond donors (Lipinski definition) is 1. The molecule has 1 heterocycles. The Labute approximate surface area is 66.4 Å². The van der Waals surface area contributed by atoms with Gasteiger partial charge in [0.05, 0.1) is 12.0 Å². The van der Waals surface area contributed by atoms with Gasteiger partial charge in [0.25, 0.3) is 0 Å². The molecule has 0 aliphatic heterocycles. The fraction of sp³-hybridized carbons (Fsp3) is 0.444. The molecular weight excluding hydrogens is 136 g/mol. The molecule has 2 nitrogen and oxygen atoms in total. The van der Waals surface area contributed by atoms with Crippen LogP contribution in [0.2, 0.25) is 0 Å². The van der Waals surface area contributed by atoms with E-state index >= 15 is 0 Å². The van der Waals surface area contributed by atoms with Crippen molar-refractivity contribution in [3.8, 4) is 0 Å². The van der Waals surface area contributed by atoms with Crippen molar-refractivity contribution in [1.29, 1.82) is 0 Å². The van der Waals surface area contributed by atoms with E-state index in [2.05, 4.69) is 16.0 Å². The molecule has 0 spiro atoms. The number of aromatic amines is 1. The maximum Gasteiger partial charge on any atom is 0.0927 e. The average molecular weight is 147 g/mol. The van der Waals surface area contributed by atoms with Gasteiger partial charge in [-0.3, -0.25) is 0 Å². The van der Waals surface area contributed by atoms with Crippen molar-refractivity contribution < 1.29 is 0 Å². The van der Waals surface area contributed by atoms with E-state index < -0.39 is 0 Å². The number of rotatable bonds is 1. The molecule has 1 aromatic heterocycles. The van der Waals surface area contributed by atoms with Crippen LogP contribution in [0.25, 0.3) is 5.57 Å². The van der Waals surface area contributed by atoms with Crippen LogP contribution in [-0.2, 0) is 0 Å². The van der Waals surface area contributed by atoms with Crippen LogP contribution in [0.5, 0.6) is 0 Å². The lowest BCUT2D eigenvalue weighted by Crippen LogP contribution is -1.91. The predicted octanol–water partition coefficient (Wildman–Crippen LogP) is 2.17. The first-order chi connectivity index (χ1) is 5.47. The van der Waals surface area contributed by atoms with Gasteiger partial charge in [-0.2, -0.15) is 0 Å². The number of imidazole rings is 1. The quantitative estimate of drug-likeness (QED) is 0.648. The summed E-state index contributed by atoms with van der Waals surface area (Å²) in [7, 11) is 0. The zero-order valence-electron chi connectivity index (χ0n) is 6.43. The Morgan fingerprint density at radius 3 is 3.09 bits per heavy atom. The fourth-order valence-electron chi connectivity index (χ4n) is 1.40. The molecule has 1 N–H and O–H groups in total. The van der Waals surface area contributed by atoms with Crippen molar-refractivity contribution in [3.05, 3.63) is 24.3 Å². The van der Waals surface area contributed by atoms with Gasteiger partial charge in [0.15, 0.2) is 0 Å². The first-order valence-electron chi connectivity index (χ1n) is 4.05. The second-order valence-electron chi connectivity index (χ2n) is 2.82. The molecule has 0 saturated heterocycles. The van der Waals surface area contributed by atoms with Gasteiger partial charge in [0, 0.05) is 6.20 Å². The number of H-pyrrole nitrogens is 1. The van der Waals surface area contributed by atoms with Crippen molar-refractivity contribution in [2.45, 2.75) is 25.7 Å². The maximum absolute atomic E-state index is 4.18. The number of aromatic nitrogens is 2. The second-order valence-corrected chi connectivity index (χ2v) is 2.82. The van der Waals surface area contributed by atoms with E-state index in [0.717, 1.165) is 18.5 Å². The molecule has 57 valence electrons. The lowest BCUT2D eigenvalue weighted by Gasteiger charge is -2.08.